The monoisotopic (exact) mass is 277 g/mol. The minimum Gasteiger partial charge on any atom is -0.468 e. The highest BCUT2D eigenvalue weighted by Crippen LogP contribution is 2.12. The van der Waals surface area contributed by atoms with Gasteiger partial charge in [-0.05, 0) is 30.2 Å². The van der Waals surface area contributed by atoms with Gasteiger partial charge in [0.25, 0.3) is 0 Å². The molecule has 0 spiro atoms. The van der Waals surface area contributed by atoms with E-state index in [1.54, 1.807) is 12.3 Å². The highest BCUT2D eigenvalue weighted by Gasteiger charge is 2.15. The molecule has 0 saturated heterocycles. The first-order chi connectivity index (χ1) is 9.60. The predicted octanol–water partition coefficient (Wildman–Crippen LogP) is 1.12. The zero-order valence-electron chi connectivity index (χ0n) is 11.3. The average Bonchev–Trinajstić information content (AvgIpc) is 2.92. The number of benzene rings is 1. The quantitative estimate of drug-likeness (QED) is 0.777. The van der Waals surface area contributed by atoms with Gasteiger partial charge < -0.3 is 14.5 Å². The van der Waals surface area contributed by atoms with Gasteiger partial charge in [0.2, 0.25) is 0 Å². The molecule has 0 aliphatic rings. The molecule has 0 atom stereocenters. The van der Waals surface area contributed by atoms with Gasteiger partial charge in [0.1, 0.15) is 11.6 Å². The Balaban J connectivity index is 2.07. The summed E-state index contributed by atoms with van der Waals surface area (Å²) in [5, 5.41) is 18.0. The minimum atomic E-state index is -1.65. The van der Waals surface area contributed by atoms with Gasteiger partial charge in [0.05, 0.1) is 12.8 Å². The number of hydrogen-bond acceptors (Lipinski definition) is 4. The van der Waals surface area contributed by atoms with E-state index in [-0.39, 0.29) is 5.46 Å². The third-order valence-corrected chi connectivity index (χ3v) is 3.18. The van der Waals surface area contributed by atoms with E-state index in [0.717, 1.165) is 18.4 Å². The van der Waals surface area contributed by atoms with Crippen LogP contribution in [0.15, 0.2) is 41.0 Å². The molecule has 0 bridgehead atoms. The second-order valence-electron chi connectivity index (χ2n) is 4.61. The Labute approximate surface area is 117 Å². The summed E-state index contributed by atoms with van der Waals surface area (Å²) < 4.78 is 19.2. The Kier molecular flexibility index (Phi) is 4.95. The smallest absolute Gasteiger partial charge is 0.468 e. The molecule has 2 N–H and O–H groups in total. The standard InChI is InChI=1S/C14H17BFNO3/c1-2-17(10-13-4-3-7-20-13)9-11-5-6-12(15(18)19)8-14(11)16/h3-8,18-19H,2,9-10H2,1H3. The third kappa shape index (κ3) is 3.69. The molecule has 1 aromatic carbocycles. The van der Waals surface area contributed by atoms with Crippen LogP contribution in [0.25, 0.3) is 0 Å². The first-order valence-electron chi connectivity index (χ1n) is 6.49. The zero-order chi connectivity index (χ0) is 14.5. The molecule has 0 aliphatic carbocycles. The molecular weight excluding hydrogens is 260 g/mol. The summed E-state index contributed by atoms with van der Waals surface area (Å²) in [4.78, 5) is 2.03. The van der Waals surface area contributed by atoms with Crippen LogP contribution in [-0.4, -0.2) is 28.6 Å². The molecule has 0 saturated carbocycles. The molecule has 0 aliphatic heterocycles. The fourth-order valence-corrected chi connectivity index (χ4v) is 2.00. The van der Waals surface area contributed by atoms with E-state index < -0.39 is 12.9 Å². The van der Waals surface area contributed by atoms with Crippen LogP contribution in [0.1, 0.15) is 18.2 Å². The van der Waals surface area contributed by atoms with Crippen LogP contribution in [0.2, 0.25) is 0 Å². The third-order valence-electron chi connectivity index (χ3n) is 3.18. The maximum Gasteiger partial charge on any atom is 0.488 e. The van der Waals surface area contributed by atoms with E-state index in [2.05, 4.69) is 0 Å². The van der Waals surface area contributed by atoms with Crippen molar-refractivity contribution in [3.8, 4) is 0 Å². The lowest BCUT2D eigenvalue weighted by atomic mass is 9.80. The van der Waals surface area contributed by atoms with Crippen LogP contribution in [0.4, 0.5) is 4.39 Å². The number of furan rings is 1. The van der Waals surface area contributed by atoms with Crippen LogP contribution >= 0.6 is 0 Å². The number of rotatable bonds is 6. The lowest BCUT2D eigenvalue weighted by Crippen LogP contribution is -2.30. The highest BCUT2D eigenvalue weighted by molar-refractivity contribution is 6.58. The summed E-state index contributed by atoms with van der Waals surface area (Å²) in [6.07, 6.45) is 1.61. The van der Waals surface area contributed by atoms with Crippen molar-refractivity contribution in [3.63, 3.8) is 0 Å². The largest absolute Gasteiger partial charge is 0.488 e. The number of nitrogens with zero attached hydrogens (tertiary/aromatic N) is 1. The Bertz CT molecular complexity index is 545. The zero-order valence-corrected chi connectivity index (χ0v) is 11.3. The maximum atomic E-state index is 13.9. The van der Waals surface area contributed by atoms with Crippen molar-refractivity contribution in [2.45, 2.75) is 20.0 Å². The second-order valence-corrected chi connectivity index (χ2v) is 4.61. The molecule has 1 heterocycles. The van der Waals surface area contributed by atoms with Crippen molar-refractivity contribution in [1.82, 2.24) is 4.90 Å². The summed E-state index contributed by atoms with van der Waals surface area (Å²) in [6.45, 7) is 3.79. The summed E-state index contributed by atoms with van der Waals surface area (Å²) in [7, 11) is -1.65. The first-order valence-corrected chi connectivity index (χ1v) is 6.49. The molecule has 0 unspecified atom stereocenters. The fraction of sp³-hybridized carbons (Fsp3) is 0.286. The van der Waals surface area contributed by atoms with Crippen LogP contribution in [0, 0.1) is 5.82 Å². The van der Waals surface area contributed by atoms with Gasteiger partial charge in [0, 0.05) is 12.1 Å². The predicted molar refractivity (Wildman–Crippen MR) is 74.7 cm³/mol. The Morgan fingerprint density at radius 3 is 2.60 bits per heavy atom. The molecule has 2 aromatic rings. The Morgan fingerprint density at radius 2 is 2.05 bits per heavy atom. The molecule has 4 nitrogen and oxygen atoms in total. The molecule has 0 amide bonds. The minimum absolute atomic E-state index is 0.153. The lowest BCUT2D eigenvalue weighted by molar-refractivity contribution is 0.244. The fourth-order valence-electron chi connectivity index (χ4n) is 2.00. The van der Waals surface area contributed by atoms with E-state index >= 15 is 0 Å². The average molecular weight is 277 g/mol. The number of hydrogen-bond donors (Lipinski definition) is 2. The molecular formula is C14H17BFNO3. The lowest BCUT2D eigenvalue weighted by Gasteiger charge is -2.19. The molecule has 6 heteroatoms. The van der Waals surface area contributed by atoms with Crippen molar-refractivity contribution in [1.29, 1.82) is 0 Å². The topological polar surface area (TPSA) is 56.8 Å². The van der Waals surface area contributed by atoms with E-state index in [4.69, 9.17) is 14.5 Å². The van der Waals surface area contributed by atoms with Gasteiger partial charge >= 0.3 is 7.12 Å². The summed E-state index contributed by atoms with van der Waals surface area (Å²) >= 11 is 0. The first kappa shape index (κ1) is 14.8. The Morgan fingerprint density at radius 1 is 1.25 bits per heavy atom. The van der Waals surface area contributed by atoms with Crippen LogP contribution in [0.3, 0.4) is 0 Å². The second kappa shape index (κ2) is 6.70. The molecule has 1 aromatic heterocycles. The van der Waals surface area contributed by atoms with E-state index in [0.29, 0.717) is 18.7 Å². The molecule has 20 heavy (non-hydrogen) atoms. The van der Waals surface area contributed by atoms with Crippen molar-refractivity contribution in [3.05, 3.63) is 53.7 Å². The van der Waals surface area contributed by atoms with Gasteiger partial charge in [-0.3, -0.25) is 4.90 Å². The van der Waals surface area contributed by atoms with Crippen molar-refractivity contribution in [2.24, 2.45) is 0 Å². The van der Waals surface area contributed by atoms with E-state index in [1.807, 2.05) is 24.0 Å². The Hall–Kier alpha value is -1.63. The molecule has 0 fully saturated rings. The highest BCUT2D eigenvalue weighted by atomic mass is 19.1. The summed E-state index contributed by atoms with van der Waals surface area (Å²) in [6, 6.07) is 7.95. The van der Waals surface area contributed by atoms with E-state index in [9.17, 15) is 4.39 Å². The van der Waals surface area contributed by atoms with Crippen LogP contribution in [0.5, 0.6) is 0 Å². The van der Waals surface area contributed by atoms with Crippen LogP contribution in [-0.2, 0) is 13.1 Å². The van der Waals surface area contributed by atoms with Crippen LogP contribution < -0.4 is 5.46 Å². The molecule has 2 rings (SSSR count). The van der Waals surface area contributed by atoms with Gasteiger partial charge in [-0.2, -0.15) is 0 Å². The normalized spacial score (nSPS) is 11.1. The van der Waals surface area contributed by atoms with Gasteiger partial charge in [-0.1, -0.05) is 19.1 Å². The van der Waals surface area contributed by atoms with Gasteiger partial charge in [0.15, 0.2) is 0 Å². The molecule has 0 radical (unpaired) electrons. The maximum absolute atomic E-state index is 13.9. The van der Waals surface area contributed by atoms with Gasteiger partial charge in [-0.25, -0.2) is 4.39 Å². The SMILES string of the molecule is CCN(Cc1ccco1)Cc1ccc(B(O)O)cc1F. The summed E-state index contributed by atoms with van der Waals surface area (Å²) in [5.74, 6) is 0.392. The summed E-state index contributed by atoms with van der Waals surface area (Å²) in [5.41, 5.74) is 0.670. The van der Waals surface area contributed by atoms with Gasteiger partial charge in [-0.15, -0.1) is 0 Å². The van der Waals surface area contributed by atoms with Crippen molar-refractivity contribution in [2.75, 3.05) is 6.54 Å². The molecule has 106 valence electrons. The van der Waals surface area contributed by atoms with Crippen molar-refractivity contribution < 1.29 is 18.9 Å². The number of halogens is 1. The van der Waals surface area contributed by atoms with Crippen molar-refractivity contribution >= 4 is 12.6 Å². The van der Waals surface area contributed by atoms with E-state index in [1.165, 1.54) is 6.07 Å².